The molecule has 0 spiro atoms. The first-order valence-corrected chi connectivity index (χ1v) is 12.2. The highest BCUT2D eigenvalue weighted by Crippen LogP contribution is 2.22. The van der Waals surface area contributed by atoms with E-state index in [1.165, 1.54) is 12.1 Å². The smallest absolute Gasteiger partial charge is 0.310 e. The van der Waals surface area contributed by atoms with E-state index in [1.54, 1.807) is 36.4 Å². The summed E-state index contributed by atoms with van der Waals surface area (Å²) in [5.74, 6) is -2.73. The van der Waals surface area contributed by atoms with Crippen LogP contribution in [0.1, 0.15) is 36.5 Å². The van der Waals surface area contributed by atoms with Gasteiger partial charge in [0.1, 0.15) is 11.9 Å². The SMILES string of the molecule is C=CC[C@@H](CC(=O)NCCO)C(=O)NC[C@H](OC(=O)[C@@H](CC=C)Cc1ccc(F)cc1)c1ccccc1. The van der Waals surface area contributed by atoms with Crippen LogP contribution in [0.5, 0.6) is 0 Å². The zero-order valence-corrected chi connectivity index (χ0v) is 20.9. The van der Waals surface area contributed by atoms with E-state index in [-0.39, 0.29) is 50.2 Å². The molecule has 0 aliphatic heterocycles. The fourth-order valence-corrected chi connectivity index (χ4v) is 3.81. The molecule has 0 radical (unpaired) electrons. The number of aliphatic hydroxyl groups is 1. The van der Waals surface area contributed by atoms with Crippen molar-refractivity contribution in [3.63, 3.8) is 0 Å². The number of carbonyl (C=O) groups excluding carboxylic acids is 3. The Morgan fingerprint density at radius 1 is 0.946 bits per heavy atom. The number of hydrogen-bond acceptors (Lipinski definition) is 5. The van der Waals surface area contributed by atoms with E-state index >= 15 is 0 Å². The van der Waals surface area contributed by atoms with Gasteiger partial charge in [-0.05, 0) is 42.5 Å². The van der Waals surface area contributed by atoms with Gasteiger partial charge < -0.3 is 20.5 Å². The van der Waals surface area contributed by atoms with Crippen molar-refractivity contribution in [2.45, 2.75) is 31.8 Å². The number of ether oxygens (including phenoxy) is 1. The second-order valence-electron chi connectivity index (χ2n) is 8.63. The number of benzene rings is 2. The van der Waals surface area contributed by atoms with Gasteiger partial charge in [-0.1, -0.05) is 54.6 Å². The van der Waals surface area contributed by atoms with E-state index in [0.717, 1.165) is 5.56 Å². The number of esters is 1. The summed E-state index contributed by atoms with van der Waals surface area (Å²) in [6.45, 7) is 7.32. The summed E-state index contributed by atoms with van der Waals surface area (Å²) < 4.78 is 19.2. The van der Waals surface area contributed by atoms with E-state index in [9.17, 15) is 18.8 Å². The molecular formula is C29H35FN2O5. The molecule has 2 aromatic carbocycles. The lowest BCUT2D eigenvalue weighted by molar-refractivity contribution is -0.154. The molecule has 0 saturated heterocycles. The molecule has 0 aromatic heterocycles. The van der Waals surface area contributed by atoms with Gasteiger partial charge in [0.2, 0.25) is 11.8 Å². The van der Waals surface area contributed by atoms with Crippen LogP contribution in [0.2, 0.25) is 0 Å². The number of amides is 2. The van der Waals surface area contributed by atoms with Crippen LogP contribution in [0.15, 0.2) is 79.9 Å². The number of carbonyl (C=O) groups is 3. The Morgan fingerprint density at radius 2 is 1.59 bits per heavy atom. The Bertz CT molecular complexity index is 1030. The van der Waals surface area contributed by atoms with Crippen LogP contribution >= 0.6 is 0 Å². The van der Waals surface area contributed by atoms with Crippen LogP contribution in [-0.2, 0) is 25.5 Å². The van der Waals surface area contributed by atoms with Gasteiger partial charge in [0.25, 0.3) is 0 Å². The average molecular weight is 511 g/mol. The molecule has 3 N–H and O–H groups in total. The first-order chi connectivity index (χ1) is 17.9. The fraction of sp³-hybridized carbons (Fsp3) is 0.345. The Balaban J connectivity index is 2.11. The average Bonchev–Trinajstić information content (AvgIpc) is 2.90. The first kappa shape index (κ1) is 29.5. The molecule has 0 bridgehead atoms. The third-order valence-electron chi connectivity index (χ3n) is 5.76. The van der Waals surface area contributed by atoms with Crippen LogP contribution in [-0.4, -0.2) is 42.6 Å². The third-order valence-corrected chi connectivity index (χ3v) is 5.76. The van der Waals surface area contributed by atoms with Gasteiger partial charge in [-0.25, -0.2) is 4.39 Å². The number of nitrogens with one attached hydrogen (secondary N) is 2. The molecular weight excluding hydrogens is 475 g/mol. The summed E-state index contributed by atoms with van der Waals surface area (Å²) in [5.41, 5.74) is 1.50. The normalized spacial score (nSPS) is 13.0. The highest BCUT2D eigenvalue weighted by molar-refractivity contribution is 5.86. The number of aliphatic hydroxyl groups excluding tert-OH is 1. The van der Waals surface area contributed by atoms with Gasteiger partial charge in [-0.3, -0.25) is 14.4 Å². The van der Waals surface area contributed by atoms with Crippen LogP contribution < -0.4 is 10.6 Å². The molecule has 0 aliphatic carbocycles. The van der Waals surface area contributed by atoms with E-state index in [2.05, 4.69) is 23.8 Å². The molecule has 37 heavy (non-hydrogen) atoms. The molecule has 2 amide bonds. The monoisotopic (exact) mass is 510 g/mol. The van der Waals surface area contributed by atoms with Crippen molar-refractivity contribution in [1.29, 1.82) is 0 Å². The van der Waals surface area contributed by atoms with Crippen molar-refractivity contribution in [3.8, 4) is 0 Å². The van der Waals surface area contributed by atoms with Crippen molar-refractivity contribution < 1.29 is 28.6 Å². The molecule has 0 heterocycles. The van der Waals surface area contributed by atoms with E-state index in [1.807, 2.05) is 18.2 Å². The first-order valence-electron chi connectivity index (χ1n) is 12.2. The van der Waals surface area contributed by atoms with Gasteiger partial charge in [-0.15, -0.1) is 13.2 Å². The summed E-state index contributed by atoms with van der Waals surface area (Å²) in [6, 6.07) is 15.0. The molecule has 2 aromatic rings. The minimum absolute atomic E-state index is 0.0118. The van der Waals surface area contributed by atoms with Gasteiger partial charge in [-0.2, -0.15) is 0 Å². The zero-order chi connectivity index (χ0) is 27.0. The number of hydrogen-bond donors (Lipinski definition) is 3. The van der Waals surface area contributed by atoms with Crippen molar-refractivity contribution in [2.75, 3.05) is 19.7 Å². The van der Waals surface area contributed by atoms with Gasteiger partial charge in [0.05, 0.1) is 25.0 Å². The zero-order valence-electron chi connectivity index (χ0n) is 20.9. The number of halogens is 1. The van der Waals surface area contributed by atoms with Crippen molar-refractivity contribution >= 4 is 17.8 Å². The van der Waals surface area contributed by atoms with E-state index in [0.29, 0.717) is 18.4 Å². The van der Waals surface area contributed by atoms with E-state index in [4.69, 9.17) is 9.84 Å². The molecule has 0 unspecified atom stereocenters. The Labute approximate surface area is 217 Å². The summed E-state index contributed by atoms with van der Waals surface area (Å²) in [6.07, 6.45) is 3.38. The maximum Gasteiger partial charge on any atom is 0.310 e. The second-order valence-corrected chi connectivity index (χ2v) is 8.63. The molecule has 8 heteroatoms. The standard InChI is InChI=1S/C29H35FN2O5/c1-3-8-23(19-27(34)31-16-17-33)28(35)32-20-26(22-10-6-5-7-11-22)37-29(36)24(9-4-2)18-21-12-14-25(30)15-13-21/h3-7,10-15,23-24,26,33H,1-2,8-9,16-20H2,(H,31,34)(H,32,35)/t23-,24-,26-/m0/s1. The molecule has 198 valence electrons. The molecule has 0 saturated carbocycles. The molecule has 3 atom stereocenters. The Kier molecular flexibility index (Phi) is 12.8. The minimum atomic E-state index is -0.759. The summed E-state index contributed by atoms with van der Waals surface area (Å²) >= 11 is 0. The largest absolute Gasteiger partial charge is 0.455 e. The Morgan fingerprint density at radius 3 is 2.22 bits per heavy atom. The summed E-state index contributed by atoms with van der Waals surface area (Å²) in [5, 5.41) is 14.2. The van der Waals surface area contributed by atoms with Crippen LogP contribution in [0.3, 0.4) is 0 Å². The third kappa shape index (κ3) is 10.4. The quantitative estimate of drug-likeness (QED) is 0.236. The molecule has 2 rings (SSSR count). The van der Waals surface area contributed by atoms with Crippen molar-refractivity contribution in [3.05, 3.63) is 96.9 Å². The Hall–Kier alpha value is -3.78. The molecule has 7 nitrogen and oxygen atoms in total. The highest BCUT2D eigenvalue weighted by atomic mass is 19.1. The lowest BCUT2D eigenvalue weighted by Gasteiger charge is -2.23. The van der Waals surface area contributed by atoms with Crippen molar-refractivity contribution in [2.24, 2.45) is 11.8 Å². The maximum absolute atomic E-state index is 13.3. The number of rotatable bonds is 16. The lowest BCUT2D eigenvalue weighted by atomic mass is 9.96. The van der Waals surface area contributed by atoms with Crippen molar-refractivity contribution in [1.82, 2.24) is 10.6 Å². The van der Waals surface area contributed by atoms with Crippen LogP contribution in [0.25, 0.3) is 0 Å². The summed E-state index contributed by atoms with van der Waals surface area (Å²) in [7, 11) is 0. The predicted molar refractivity (Wildman–Crippen MR) is 140 cm³/mol. The fourth-order valence-electron chi connectivity index (χ4n) is 3.81. The van der Waals surface area contributed by atoms with Crippen LogP contribution in [0, 0.1) is 17.7 Å². The minimum Gasteiger partial charge on any atom is -0.455 e. The lowest BCUT2D eigenvalue weighted by Crippen LogP contribution is -2.38. The molecule has 0 aliphatic rings. The van der Waals surface area contributed by atoms with Crippen LogP contribution in [0.4, 0.5) is 4.39 Å². The second kappa shape index (κ2) is 16.1. The highest BCUT2D eigenvalue weighted by Gasteiger charge is 2.26. The maximum atomic E-state index is 13.3. The molecule has 0 fully saturated rings. The van der Waals surface area contributed by atoms with E-state index < -0.39 is 23.9 Å². The van der Waals surface area contributed by atoms with Gasteiger partial charge in [0.15, 0.2) is 0 Å². The topological polar surface area (TPSA) is 105 Å². The van der Waals surface area contributed by atoms with Gasteiger partial charge in [0, 0.05) is 13.0 Å². The summed E-state index contributed by atoms with van der Waals surface area (Å²) in [4.78, 5) is 38.1. The van der Waals surface area contributed by atoms with Gasteiger partial charge >= 0.3 is 5.97 Å². The number of allylic oxidation sites excluding steroid dienone is 2. The predicted octanol–water partition coefficient (Wildman–Crippen LogP) is 3.65.